The monoisotopic (exact) mass is 816 g/mol. The Kier molecular flexibility index (Phi) is 11.5. The van der Waals surface area contributed by atoms with Crippen molar-refractivity contribution in [1.29, 1.82) is 0 Å². The summed E-state index contributed by atoms with van der Waals surface area (Å²) < 4.78 is 56.1. The number of nitrogens with one attached hydrogen (secondary N) is 2. The maximum Gasteiger partial charge on any atom is 0.255 e. The van der Waals surface area contributed by atoms with Gasteiger partial charge in [-0.25, -0.2) is 27.1 Å². The van der Waals surface area contributed by atoms with Gasteiger partial charge in [0.15, 0.2) is 0 Å². The fourth-order valence-corrected chi connectivity index (χ4v) is 8.32. The molecular weight excluding hydrogens is 775 g/mol. The minimum Gasteiger partial charge on any atom is -0.496 e. The molecule has 16 heteroatoms. The second-order valence-corrected chi connectivity index (χ2v) is 18.4. The van der Waals surface area contributed by atoms with Crippen LogP contribution in [0.2, 0.25) is 10.0 Å². The molecule has 2 saturated carbocycles. The van der Waals surface area contributed by atoms with Crippen LogP contribution in [0.3, 0.4) is 0 Å². The minimum atomic E-state index is -3.73. The van der Waals surface area contributed by atoms with E-state index >= 15 is 0 Å². The van der Waals surface area contributed by atoms with E-state index in [1.165, 1.54) is 38.5 Å². The van der Waals surface area contributed by atoms with E-state index < -0.39 is 20.0 Å². The molecule has 4 aromatic rings. The predicted molar refractivity (Wildman–Crippen MR) is 207 cm³/mol. The lowest BCUT2D eigenvalue weighted by atomic mass is 10.0. The number of rotatable bonds is 10. The van der Waals surface area contributed by atoms with Crippen LogP contribution in [0.5, 0.6) is 11.5 Å². The van der Waals surface area contributed by atoms with Gasteiger partial charge in [-0.3, -0.25) is 9.59 Å². The number of benzene rings is 4. The summed E-state index contributed by atoms with van der Waals surface area (Å²) in [7, 11) is -4.47. The van der Waals surface area contributed by atoms with Gasteiger partial charge in [0.05, 0.1) is 35.1 Å². The van der Waals surface area contributed by atoms with E-state index in [9.17, 15) is 26.4 Å². The van der Waals surface area contributed by atoms with Crippen LogP contribution in [0, 0.1) is 10.8 Å². The van der Waals surface area contributed by atoms with Crippen LogP contribution in [-0.2, 0) is 20.0 Å². The summed E-state index contributed by atoms with van der Waals surface area (Å²) >= 11 is 12.0. The zero-order valence-corrected chi connectivity index (χ0v) is 33.5. The van der Waals surface area contributed by atoms with Gasteiger partial charge >= 0.3 is 0 Å². The van der Waals surface area contributed by atoms with Crippen LogP contribution in [-0.4, -0.2) is 55.0 Å². The molecule has 0 unspecified atom stereocenters. The lowest BCUT2D eigenvalue weighted by Gasteiger charge is -2.10. The molecule has 6 rings (SSSR count). The maximum atomic E-state index is 12.7. The van der Waals surface area contributed by atoms with Crippen molar-refractivity contribution in [2.75, 3.05) is 14.2 Å². The van der Waals surface area contributed by atoms with Crippen molar-refractivity contribution in [3.05, 3.63) is 117 Å². The normalized spacial score (nSPS) is 20.8. The summed E-state index contributed by atoms with van der Waals surface area (Å²) in [4.78, 5) is 25.6. The standard InChI is InChI=1S/2C19H21ClN2O4S/c2*1-19(2)16(11-4-7-13(8-5-11)27(21,24)25)17(19)22-18(23)14-10-12(20)6-9-15(14)26-3/h2*4-10,16-17H,1-3H3,(H,22,23)(H2,21,24,25)/t2*16-,17-/m10/s1. The number of hydrogen-bond acceptors (Lipinski definition) is 8. The molecule has 288 valence electrons. The Hall–Kier alpha value is -4.18. The Morgan fingerprint density at radius 3 is 1.19 bits per heavy atom. The van der Waals surface area contributed by atoms with E-state index in [-0.39, 0.29) is 56.4 Å². The first kappa shape index (κ1) is 41.0. The molecular formula is C38H42Cl2N4O8S2. The molecule has 0 heterocycles. The number of halogens is 2. The van der Waals surface area contributed by atoms with Crippen molar-refractivity contribution >= 4 is 55.1 Å². The zero-order valence-electron chi connectivity index (χ0n) is 30.4. The molecule has 2 fully saturated rings. The van der Waals surface area contributed by atoms with Gasteiger partial charge in [0, 0.05) is 34.0 Å². The van der Waals surface area contributed by atoms with Crippen LogP contribution in [0.15, 0.2) is 94.7 Å². The summed E-state index contributed by atoms with van der Waals surface area (Å²) in [5, 5.41) is 17.3. The third-order valence-electron chi connectivity index (χ3n) is 10.2. The smallest absolute Gasteiger partial charge is 0.255 e. The van der Waals surface area contributed by atoms with Crippen molar-refractivity contribution in [2.24, 2.45) is 21.1 Å². The summed E-state index contributed by atoms with van der Waals surface area (Å²) in [5.41, 5.74) is 2.27. The summed E-state index contributed by atoms with van der Waals surface area (Å²) in [6, 6.07) is 22.4. The molecule has 2 amide bonds. The molecule has 54 heavy (non-hydrogen) atoms. The number of primary sulfonamides is 2. The number of carbonyl (C=O) groups excluding carboxylic acids is 2. The Balaban J connectivity index is 0.000000208. The van der Waals surface area contributed by atoms with Crippen LogP contribution in [0.25, 0.3) is 0 Å². The number of sulfonamides is 2. The van der Waals surface area contributed by atoms with Gasteiger partial charge in [-0.2, -0.15) is 0 Å². The SMILES string of the molecule is COc1ccc(Cl)cc1C(=O)N[C@@H]1[C@@H](c2ccc(S(N)(=O)=O)cc2)C1(C)C.COc1ccc(Cl)cc1C(=O)N[C@H]1[C@H](c2ccc(S(N)(=O)=O)cc2)C1(C)C. The van der Waals surface area contributed by atoms with Gasteiger partial charge in [0.1, 0.15) is 11.5 Å². The van der Waals surface area contributed by atoms with Gasteiger partial charge < -0.3 is 20.1 Å². The zero-order chi connectivity index (χ0) is 40.0. The molecule has 4 atom stereocenters. The highest BCUT2D eigenvalue weighted by molar-refractivity contribution is 7.89. The van der Waals surface area contributed by atoms with Gasteiger partial charge in [-0.1, -0.05) is 75.2 Å². The number of carbonyl (C=O) groups is 2. The van der Waals surface area contributed by atoms with Crippen LogP contribution >= 0.6 is 23.2 Å². The van der Waals surface area contributed by atoms with E-state index in [0.29, 0.717) is 32.7 Å². The molecule has 4 aromatic carbocycles. The number of nitrogens with two attached hydrogens (primary N) is 2. The highest BCUT2D eigenvalue weighted by Crippen LogP contribution is 2.59. The average molecular weight is 818 g/mol. The summed E-state index contributed by atoms with van der Waals surface area (Å²) in [5.74, 6) is 0.475. The number of amides is 2. The van der Waals surface area contributed by atoms with Crippen LogP contribution in [0.4, 0.5) is 0 Å². The maximum absolute atomic E-state index is 12.7. The summed E-state index contributed by atoms with van der Waals surface area (Å²) in [6.45, 7) is 8.19. The van der Waals surface area contributed by atoms with E-state index in [4.69, 9.17) is 43.0 Å². The van der Waals surface area contributed by atoms with Gasteiger partial charge in [-0.05, 0) is 82.6 Å². The molecule has 12 nitrogen and oxygen atoms in total. The molecule has 0 aromatic heterocycles. The highest BCUT2D eigenvalue weighted by Gasteiger charge is 2.60. The van der Waals surface area contributed by atoms with Crippen molar-refractivity contribution in [3.8, 4) is 11.5 Å². The quantitative estimate of drug-likeness (QED) is 0.153. The van der Waals surface area contributed by atoms with E-state index in [2.05, 4.69) is 10.6 Å². The number of ether oxygens (including phenoxy) is 2. The highest BCUT2D eigenvalue weighted by atomic mass is 35.5. The second-order valence-electron chi connectivity index (χ2n) is 14.4. The Bertz CT molecular complexity index is 2140. The Labute approximate surface area is 325 Å². The predicted octanol–water partition coefficient (Wildman–Crippen LogP) is 5.84. The van der Waals surface area contributed by atoms with Crippen molar-refractivity contribution in [1.82, 2.24) is 10.6 Å². The van der Waals surface area contributed by atoms with E-state index in [0.717, 1.165) is 11.1 Å². The number of methoxy groups -OCH3 is 2. The lowest BCUT2D eigenvalue weighted by molar-refractivity contribution is 0.0934. The third-order valence-corrected chi connectivity index (χ3v) is 12.5. The van der Waals surface area contributed by atoms with Crippen molar-refractivity contribution < 1.29 is 35.9 Å². The Morgan fingerprint density at radius 1 is 0.593 bits per heavy atom. The largest absolute Gasteiger partial charge is 0.496 e. The van der Waals surface area contributed by atoms with Crippen LogP contribution in [0.1, 0.15) is 71.4 Å². The molecule has 0 radical (unpaired) electrons. The third kappa shape index (κ3) is 8.69. The van der Waals surface area contributed by atoms with E-state index in [1.807, 2.05) is 27.7 Å². The minimum absolute atomic E-state index is 0.0566. The van der Waals surface area contributed by atoms with Gasteiger partial charge in [-0.15, -0.1) is 0 Å². The van der Waals surface area contributed by atoms with E-state index in [1.54, 1.807) is 60.7 Å². The first-order valence-corrected chi connectivity index (χ1v) is 20.5. The molecule has 0 spiro atoms. The summed E-state index contributed by atoms with van der Waals surface area (Å²) in [6.07, 6.45) is 0. The molecule has 0 saturated heterocycles. The molecule has 6 N–H and O–H groups in total. The average Bonchev–Trinajstić information content (AvgIpc) is 3.87. The topological polar surface area (TPSA) is 197 Å². The van der Waals surface area contributed by atoms with Gasteiger partial charge in [0.25, 0.3) is 11.8 Å². The first-order valence-electron chi connectivity index (χ1n) is 16.7. The number of hydrogen-bond donors (Lipinski definition) is 4. The molecule has 2 aliphatic carbocycles. The van der Waals surface area contributed by atoms with Crippen molar-refractivity contribution in [3.63, 3.8) is 0 Å². The Morgan fingerprint density at radius 2 is 0.907 bits per heavy atom. The first-order chi connectivity index (χ1) is 25.1. The molecule has 2 aliphatic rings. The van der Waals surface area contributed by atoms with Gasteiger partial charge in [0.2, 0.25) is 20.0 Å². The fraction of sp³-hybridized carbons (Fsp3) is 0.316. The molecule has 0 aliphatic heterocycles. The second kappa shape index (κ2) is 15.2. The molecule has 0 bridgehead atoms. The fourth-order valence-electron chi connectivity index (χ4n) is 6.94. The van der Waals surface area contributed by atoms with Crippen molar-refractivity contribution in [2.45, 2.75) is 61.4 Å². The lowest BCUT2D eigenvalue weighted by Crippen LogP contribution is -2.29. The van der Waals surface area contributed by atoms with Crippen LogP contribution < -0.4 is 30.4 Å².